The fourth-order valence-electron chi connectivity index (χ4n) is 2.78. The van der Waals surface area contributed by atoms with Gasteiger partial charge in [0.1, 0.15) is 6.04 Å². The number of likely N-dealkylation sites (N-methyl/N-ethyl adjacent to an activating group) is 1. The van der Waals surface area contributed by atoms with Gasteiger partial charge in [-0.05, 0) is 49.2 Å². The lowest BCUT2D eigenvalue weighted by molar-refractivity contribution is -0.139. The molecule has 0 aromatic heterocycles. The Kier molecular flexibility index (Phi) is 9.16. The maximum Gasteiger partial charge on any atom is 0.242 e. The van der Waals surface area contributed by atoms with Gasteiger partial charge in [0.05, 0.1) is 5.75 Å². The first-order chi connectivity index (χ1) is 13.5. The van der Waals surface area contributed by atoms with Crippen molar-refractivity contribution in [2.45, 2.75) is 37.8 Å². The second-order valence-corrected chi connectivity index (χ2v) is 8.07. The zero-order valence-electron chi connectivity index (χ0n) is 16.0. The lowest BCUT2D eigenvalue weighted by atomic mass is 10.1. The molecule has 2 aromatic rings. The van der Waals surface area contributed by atoms with E-state index in [4.69, 9.17) is 23.2 Å². The molecule has 4 nitrogen and oxygen atoms in total. The van der Waals surface area contributed by atoms with E-state index in [9.17, 15) is 9.59 Å². The summed E-state index contributed by atoms with van der Waals surface area (Å²) in [5.41, 5.74) is 0.816. The number of carbonyl (C=O) groups excluding carboxylic acids is 2. The second kappa shape index (κ2) is 11.3. The predicted octanol–water partition coefficient (Wildman–Crippen LogP) is 5.03. The van der Waals surface area contributed by atoms with Crippen molar-refractivity contribution in [3.8, 4) is 0 Å². The van der Waals surface area contributed by atoms with Crippen LogP contribution in [0.3, 0.4) is 0 Å². The van der Waals surface area contributed by atoms with Gasteiger partial charge in [-0.3, -0.25) is 9.59 Å². The summed E-state index contributed by atoms with van der Waals surface area (Å²) in [5.74, 6) is -0.0398. The number of rotatable bonds is 9. The number of nitrogens with zero attached hydrogens (tertiary/aromatic N) is 1. The van der Waals surface area contributed by atoms with Crippen LogP contribution < -0.4 is 5.32 Å². The largest absolute Gasteiger partial charge is 0.355 e. The molecule has 0 unspecified atom stereocenters. The standard InChI is InChI=1S/C21H24Cl2N2O2S/c1-3-19(21(27)24-4-2)25(13-15-7-5-6-8-18(15)23)20(26)14-28-17-11-9-16(22)10-12-17/h5-12,19H,3-4,13-14H2,1-2H3,(H,24,27)/t19-/m0/s1. The average molecular weight is 439 g/mol. The molecule has 0 saturated heterocycles. The molecule has 0 aliphatic carbocycles. The van der Waals surface area contributed by atoms with Crippen molar-refractivity contribution >= 4 is 46.8 Å². The molecule has 2 rings (SSSR count). The van der Waals surface area contributed by atoms with Crippen molar-refractivity contribution in [2.24, 2.45) is 0 Å². The monoisotopic (exact) mass is 438 g/mol. The fraction of sp³-hybridized carbons (Fsp3) is 0.333. The Labute approximate surface area is 180 Å². The summed E-state index contributed by atoms with van der Waals surface area (Å²) in [5, 5.41) is 4.06. The molecule has 1 N–H and O–H groups in total. The Morgan fingerprint density at radius 3 is 2.36 bits per heavy atom. The van der Waals surface area contributed by atoms with Crippen molar-refractivity contribution in [1.29, 1.82) is 0 Å². The highest BCUT2D eigenvalue weighted by molar-refractivity contribution is 8.00. The van der Waals surface area contributed by atoms with Crippen molar-refractivity contribution in [1.82, 2.24) is 10.2 Å². The normalized spacial score (nSPS) is 11.7. The van der Waals surface area contributed by atoms with E-state index in [1.165, 1.54) is 11.8 Å². The third kappa shape index (κ3) is 6.43. The van der Waals surface area contributed by atoms with Crippen LogP contribution in [0.4, 0.5) is 0 Å². The first-order valence-electron chi connectivity index (χ1n) is 9.15. The Hall–Kier alpha value is -1.69. The number of thioether (sulfide) groups is 1. The van der Waals surface area contributed by atoms with Gasteiger partial charge in [0, 0.05) is 28.0 Å². The molecule has 0 spiro atoms. The van der Waals surface area contributed by atoms with Gasteiger partial charge in [-0.15, -0.1) is 11.8 Å². The predicted molar refractivity (Wildman–Crippen MR) is 117 cm³/mol. The summed E-state index contributed by atoms with van der Waals surface area (Å²) < 4.78 is 0. The summed E-state index contributed by atoms with van der Waals surface area (Å²) in [4.78, 5) is 28.2. The number of hydrogen-bond acceptors (Lipinski definition) is 3. The maximum absolute atomic E-state index is 13.1. The topological polar surface area (TPSA) is 49.4 Å². The van der Waals surface area contributed by atoms with Crippen LogP contribution in [-0.4, -0.2) is 35.1 Å². The molecule has 2 amide bonds. The van der Waals surface area contributed by atoms with Crippen LogP contribution in [0.15, 0.2) is 53.4 Å². The van der Waals surface area contributed by atoms with Crippen LogP contribution in [0.1, 0.15) is 25.8 Å². The number of benzene rings is 2. The third-order valence-corrected chi connectivity index (χ3v) is 5.83. The van der Waals surface area contributed by atoms with Gasteiger partial charge in [-0.2, -0.15) is 0 Å². The zero-order chi connectivity index (χ0) is 20.5. The van der Waals surface area contributed by atoms with E-state index in [0.29, 0.717) is 23.0 Å². The van der Waals surface area contributed by atoms with Crippen LogP contribution in [0, 0.1) is 0 Å². The second-order valence-electron chi connectivity index (χ2n) is 6.17. The highest BCUT2D eigenvalue weighted by atomic mass is 35.5. The van der Waals surface area contributed by atoms with E-state index in [-0.39, 0.29) is 24.1 Å². The summed E-state index contributed by atoms with van der Waals surface area (Å²) in [6.45, 7) is 4.57. The van der Waals surface area contributed by atoms with Crippen LogP contribution in [0.25, 0.3) is 0 Å². The summed E-state index contributed by atoms with van der Waals surface area (Å²) in [6.07, 6.45) is 0.521. The van der Waals surface area contributed by atoms with E-state index in [2.05, 4.69) is 5.32 Å². The van der Waals surface area contributed by atoms with Crippen molar-refractivity contribution in [2.75, 3.05) is 12.3 Å². The first kappa shape index (κ1) is 22.6. The molecule has 1 atom stereocenters. The smallest absolute Gasteiger partial charge is 0.242 e. The highest BCUT2D eigenvalue weighted by Gasteiger charge is 2.28. The van der Waals surface area contributed by atoms with Gasteiger partial charge in [0.15, 0.2) is 0 Å². The van der Waals surface area contributed by atoms with E-state index in [1.54, 1.807) is 23.1 Å². The minimum atomic E-state index is -0.547. The van der Waals surface area contributed by atoms with Gasteiger partial charge >= 0.3 is 0 Å². The molecule has 7 heteroatoms. The summed E-state index contributed by atoms with van der Waals surface area (Å²) in [7, 11) is 0. The van der Waals surface area contributed by atoms with Gasteiger partial charge in [-0.1, -0.05) is 48.3 Å². The lowest BCUT2D eigenvalue weighted by Gasteiger charge is -2.30. The van der Waals surface area contributed by atoms with Crippen LogP contribution in [0.2, 0.25) is 10.0 Å². The van der Waals surface area contributed by atoms with E-state index >= 15 is 0 Å². The Bertz CT molecular complexity index is 799. The molecule has 28 heavy (non-hydrogen) atoms. The fourth-order valence-corrected chi connectivity index (χ4v) is 3.89. The number of carbonyl (C=O) groups is 2. The SMILES string of the molecule is CCNC(=O)[C@H](CC)N(Cc1ccccc1Cl)C(=O)CSc1ccc(Cl)cc1. The molecule has 2 aromatic carbocycles. The highest BCUT2D eigenvalue weighted by Crippen LogP contribution is 2.24. The van der Waals surface area contributed by atoms with Crippen LogP contribution in [-0.2, 0) is 16.1 Å². The molecule has 0 radical (unpaired) electrons. The molecule has 0 aliphatic rings. The van der Waals surface area contributed by atoms with Gasteiger partial charge < -0.3 is 10.2 Å². The van der Waals surface area contributed by atoms with Crippen molar-refractivity contribution < 1.29 is 9.59 Å². The average Bonchev–Trinajstić information content (AvgIpc) is 2.69. The molecule has 0 fully saturated rings. The Morgan fingerprint density at radius 2 is 1.75 bits per heavy atom. The Morgan fingerprint density at radius 1 is 1.07 bits per heavy atom. The van der Waals surface area contributed by atoms with Crippen LogP contribution >= 0.6 is 35.0 Å². The Balaban J connectivity index is 2.20. The number of halogens is 2. The van der Waals surface area contributed by atoms with Gasteiger partial charge in [-0.25, -0.2) is 0 Å². The van der Waals surface area contributed by atoms with Crippen molar-refractivity contribution in [3.63, 3.8) is 0 Å². The van der Waals surface area contributed by atoms with Crippen molar-refractivity contribution in [3.05, 3.63) is 64.1 Å². The van der Waals surface area contributed by atoms with E-state index < -0.39 is 6.04 Å². The molecular formula is C21H24Cl2N2O2S. The van der Waals surface area contributed by atoms with Gasteiger partial charge in [0.2, 0.25) is 11.8 Å². The molecular weight excluding hydrogens is 415 g/mol. The molecule has 0 saturated carbocycles. The molecule has 0 aliphatic heterocycles. The third-order valence-electron chi connectivity index (χ3n) is 4.21. The molecule has 150 valence electrons. The zero-order valence-corrected chi connectivity index (χ0v) is 18.3. The number of nitrogens with one attached hydrogen (secondary N) is 1. The summed E-state index contributed by atoms with van der Waals surface area (Å²) in [6, 6.07) is 14.2. The quantitative estimate of drug-likeness (QED) is 0.558. The molecule has 0 bridgehead atoms. The van der Waals surface area contributed by atoms with Gasteiger partial charge in [0.25, 0.3) is 0 Å². The number of amides is 2. The van der Waals surface area contributed by atoms with Crippen LogP contribution in [0.5, 0.6) is 0 Å². The minimum absolute atomic E-state index is 0.113. The lowest BCUT2D eigenvalue weighted by Crippen LogP contribution is -2.49. The molecule has 0 heterocycles. The number of hydrogen-bond donors (Lipinski definition) is 1. The maximum atomic E-state index is 13.1. The first-order valence-corrected chi connectivity index (χ1v) is 10.9. The summed E-state index contributed by atoms with van der Waals surface area (Å²) >= 11 is 13.6. The van der Waals surface area contributed by atoms with E-state index in [0.717, 1.165) is 10.5 Å². The minimum Gasteiger partial charge on any atom is -0.355 e. The van der Waals surface area contributed by atoms with E-state index in [1.807, 2.05) is 44.2 Å².